The van der Waals surface area contributed by atoms with Gasteiger partial charge in [-0.1, -0.05) is 6.07 Å². The van der Waals surface area contributed by atoms with E-state index in [1.54, 1.807) is 11.3 Å². The van der Waals surface area contributed by atoms with Crippen LogP contribution in [0.1, 0.15) is 13.8 Å². The van der Waals surface area contributed by atoms with Gasteiger partial charge in [0.2, 0.25) is 0 Å². The molecule has 2 aromatic rings. The molecule has 2 aromatic heterocycles. The third-order valence-electron chi connectivity index (χ3n) is 2.59. The Morgan fingerprint density at radius 1 is 1.59 bits per heavy atom. The molecule has 0 aliphatic rings. The molecule has 0 atom stereocenters. The largest absolute Gasteiger partial charge is 0.298 e. The van der Waals surface area contributed by atoms with Crippen molar-refractivity contribution in [3.8, 4) is 10.7 Å². The summed E-state index contributed by atoms with van der Waals surface area (Å²) < 4.78 is 2.92. The highest BCUT2D eigenvalue weighted by Crippen LogP contribution is 2.28. The van der Waals surface area contributed by atoms with Crippen molar-refractivity contribution in [2.24, 2.45) is 0 Å². The lowest BCUT2D eigenvalue weighted by molar-refractivity contribution is 0.566. The molecule has 0 fully saturated rings. The van der Waals surface area contributed by atoms with Crippen LogP contribution in [0.5, 0.6) is 0 Å². The van der Waals surface area contributed by atoms with Crippen molar-refractivity contribution >= 4 is 35.3 Å². The molecule has 0 saturated heterocycles. The molecular formula is C11H15N3S3. The van der Waals surface area contributed by atoms with Crippen LogP contribution < -0.4 is 0 Å². The van der Waals surface area contributed by atoms with Gasteiger partial charge in [-0.05, 0) is 43.8 Å². The number of hydrogen-bond acceptors (Lipinski definition) is 4. The summed E-state index contributed by atoms with van der Waals surface area (Å²) in [5.41, 5.74) is 0. The quantitative estimate of drug-likeness (QED) is 0.867. The number of H-pyrrole nitrogens is 1. The van der Waals surface area contributed by atoms with Crippen molar-refractivity contribution in [1.82, 2.24) is 14.8 Å². The van der Waals surface area contributed by atoms with E-state index in [0.29, 0.717) is 4.77 Å². The third-order valence-corrected chi connectivity index (χ3v) is 5.00. The Morgan fingerprint density at radius 2 is 2.35 bits per heavy atom. The van der Waals surface area contributed by atoms with Gasteiger partial charge < -0.3 is 0 Å². The summed E-state index contributed by atoms with van der Waals surface area (Å²) in [7, 11) is 0. The van der Waals surface area contributed by atoms with Gasteiger partial charge in [-0.25, -0.2) is 0 Å². The molecular weight excluding hydrogens is 270 g/mol. The second kappa shape index (κ2) is 4.96. The number of thiophene rings is 1. The van der Waals surface area contributed by atoms with Gasteiger partial charge in [-0.3, -0.25) is 9.67 Å². The number of aromatic amines is 1. The topological polar surface area (TPSA) is 33.6 Å². The van der Waals surface area contributed by atoms with E-state index >= 15 is 0 Å². The standard InChI is InChI=1S/C11H15N3S3/c1-11(2,16-3)7-14-9(12-13-10(14)15)8-5-4-6-17-8/h4-6H,7H2,1-3H3,(H,13,15). The molecule has 0 aliphatic heterocycles. The Kier molecular flexibility index (Phi) is 3.75. The maximum Gasteiger partial charge on any atom is 0.195 e. The number of hydrogen-bond donors (Lipinski definition) is 1. The van der Waals surface area contributed by atoms with Crippen LogP contribution in [0.2, 0.25) is 0 Å². The van der Waals surface area contributed by atoms with Crippen LogP contribution in [-0.4, -0.2) is 25.8 Å². The summed E-state index contributed by atoms with van der Waals surface area (Å²) >= 11 is 8.82. The lowest BCUT2D eigenvalue weighted by Gasteiger charge is -2.22. The van der Waals surface area contributed by atoms with Gasteiger partial charge in [-0.15, -0.1) is 11.3 Å². The molecule has 0 saturated carbocycles. The zero-order valence-corrected chi connectivity index (χ0v) is 12.5. The smallest absolute Gasteiger partial charge is 0.195 e. The minimum absolute atomic E-state index is 0.147. The molecule has 0 spiro atoms. The maximum atomic E-state index is 5.30. The molecule has 92 valence electrons. The average Bonchev–Trinajstić information content (AvgIpc) is 2.90. The Hall–Kier alpha value is -0.590. The molecule has 0 unspecified atom stereocenters. The van der Waals surface area contributed by atoms with Gasteiger partial charge >= 0.3 is 0 Å². The zero-order valence-electron chi connectivity index (χ0n) is 10.1. The van der Waals surface area contributed by atoms with Crippen molar-refractivity contribution in [2.45, 2.75) is 25.1 Å². The lowest BCUT2D eigenvalue weighted by atomic mass is 10.2. The fraction of sp³-hybridized carbons (Fsp3) is 0.455. The third kappa shape index (κ3) is 2.81. The van der Waals surface area contributed by atoms with Gasteiger partial charge in [0.25, 0.3) is 0 Å². The number of nitrogens with zero attached hydrogens (tertiary/aromatic N) is 2. The van der Waals surface area contributed by atoms with E-state index in [0.717, 1.165) is 17.2 Å². The van der Waals surface area contributed by atoms with Crippen LogP contribution in [-0.2, 0) is 6.54 Å². The summed E-state index contributed by atoms with van der Waals surface area (Å²) in [5, 5.41) is 9.26. The van der Waals surface area contributed by atoms with Crippen LogP contribution in [0.4, 0.5) is 0 Å². The highest BCUT2D eigenvalue weighted by Gasteiger charge is 2.20. The lowest BCUT2D eigenvalue weighted by Crippen LogP contribution is -2.23. The molecule has 1 N–H and O–H groups in total. The fourth-order valence-corrected chi connectivity index (χ4v) is 2.68. The minimum atomic E-state index is 0.147. The van der Waals surface area contributed by atoms with E-state index in [1.807, 2.05) is 17.8 Å². The Bertz CT molecular complexity index is 537. The van der Waals surface area contributed by atoms with E-state index in [4.69, 9.17) is 12.2 Å². The summed E-state index contributed by atoms with van der Waals surface area (Å²) in [5.74, 6) is 0.937. The van der Waals surface area contributed by atoms with E-state index in [-0.39, 0.29) is 4.75 Å². The highest BCUT2D eigenvalue weighted by atomic mass is 32.2. The fourth-order valence-electron chi connectivity index (χ4n) is 1.50. The summed E-state index contributed by atoms with van der Waals surface area (Å²) in [6.45, 7) is 5.28. The second-order valence-electron chi connectivity index (χ2n) is 4.38. The van der Waals surface area contributed by atoms with Gasteiger partial charge in [0, 0.05) is 11.3 Å². The molecule has 6 heteroatoms. The number of thioether (sulfide) groups is 1. The van der Waals surface area contributed by atoms with E-state index in [2.05, 4.69) is 46.3 Å². The molecule has 17 heavy (non-hydrogen) atoms. The number of nitrogens with one attached hydrogen (secondary N) is 1. The number of rotatable bonds is 4. The molecule has 0 aromatic carbocycles. The van der Waals surface area contributed by atoms with Crippen LogP contribution in [0.3, 0.4) is 0 Å². The summed E-state index contributed by atoms with van der Waals surface area (Å²) in [6, 6.07) is 4.10. The second-order valence-corrected chi connectivity index (χ2v) is 7.23. The zero-order chi connectivity index (χ0) is 12.5. The van der Waals surface area contributed by atoms with Crippen molar-refractivity contribution in [3.63, 3.8) is 0 Å². The van der Waals surface area contributed by atoms with Crippen molar-refractivity contribution in [1.29, 1.82) is 0 Å². The first-order valence-electron chi connectivity index (χ1n) is 5.28. The molecule has 0 aliphatic carbocycles. The molecule has 0 radical (unpaired) electrons. The minimum Gasteiger partial charge on any atom is -0.298 e. The molecule has 0 amide bonds. The first kappa shape index (κ1) is 12.9. The SMILES string of the molecule is CSC(C)(C)Cn1c(-c2cccs2)n[nH]c1=S. The van der Waals surface area contributed by atoms with Crippen molar-refractivity contribution in [3.05, 3.63) is 22.3 Å². The van der Waals surface area contributed by atoms with Gasteiger partial charge in [0.15, 0.2) is 10.6 Å². The normalized spacial score (nSPS) is 11.9. The van der Waals surface area contributed by atoms with Crippen LogP contribution in [0, 0.1) is 4.77 Å². The molecule has 2 heterocycles. The summed E-state index contributed by atoms with van der Waals surface area (Å²) in [4.78, 5) is 1.15. The Balaban J connectivity index is 2.41. The average molecular weight is 285 g/mol. The number of aromatic nitrogens is 3. The molecule has 2 rings (SSSR count). The molecule has 0 bridgehead atoms. The van der Waals surface area contributed by atoms with E-state index in [1.165, 1.54) is 0 Å². The highest BCUT2D eigenvalue weighted by molar-refractivity contribution is 7.99. The predicted molar refractivity (Wildman–Crippen MR) is 78.3 cm³/mol. The van der Waals surface area contributed by atoms with Gasteiger partial charge in [0.05, 0.1) is 4.88 Å². The van der Waals surface area contributed by atoms with E-state index < -0.39 is 0 Å². The van der Waals surface area contributed by atoms with Crippen LogP contribution in [0.15, 0.2) is 17.5 Å². The monoisotopic (exact) mass is 285 g/mol. The van der Waals surface area contributed by atoms with Crippen LogP contribution in [0.25, 0.3) is 10.7 Å². The maximum absolute atomic E-state index is 5.30. The van der Waals surface area contributed by atoms with Crippen LogP contribution >= 0.6 is 35.3 Å². The van der Waals surface area contributed by atoms with Crippen molar-refractivity contribution in [2.75, 3.05) is 6.26 Å². The van der Waals surface area contributed by atoms with Crippen molar-refractivity contribution < 1.29 is 0 Å². The van der Waals surface area contributed by atoms with Gasteiger partial charge in [-0.2, -0.15) is 16.9 Å². The summed E-state index contributed by atoms with van der Waals surface area (Å²) in [6.07, 6.45) is 2.12. The predicted octanol–water partition coefficient (Wildman–Crippen LogP) is 3.81. The van der Waals surface area contributed by atoms with Gasteiger partial charge in [0.1, 0.15) is 0 Å². The first-order chi connectivity index (χ1) is 8.03. The first-order valence-corrected chi connectivity index (χ1v) is 7.79. The molecule has 3 nitrogen and oxygen atoms in total. The Morgan fingerprint density at radius 3 is 2.94 bits per heavy atom. The Labute approximate surface area is 114 Å². The van der Waals surface area contributed by atoms with E-state index in [9.17, 15) is 0 Å².